The predicted molar refractivity (Wildman–Crippen MR) is 80.6 cm³/mol. The van der Waals surface area contributed by atoms with Gasteiger partial charge in [0.05, 0.1) is 18.4 Å². The Kier molecular flexibility index (Phi) is 4.90. The molecule has 1 saturated heterocycles. The molecule has 0 atom stereocenters. The van der Waals surface area contributed by atoms with Crippen molar-refractivity contribution in [2.24, 2.45) is 5.73 Å². The molecule has 114 valence electrons. The molecule has 0 bridgehead atoms. The van der Waals surface area contributed by atoms with Crippen molar-refractivity contribution < 1.29 is 14.3 Å². The number of nitrogens with two attached hydrogens (primary N) is 1. The summed E-state index contributed by atoms with van der Waals surface area (Å²) in [4.78, 5) is 24.5. The van der Waals surface area contributed by atoms with Crippen molar-refractivity contribution in [3.63, 3.8) is 0 Å². The van der Waals surface area contributed by atoms with E-state index in [0.717, 1.165) is 12.8 Å². The van der Waals surface area contributed by atoms with E-state index < -0.39 is 12.0 Å². The second kappa shape index (κ2) is 6.67. The van der Waals surface area contributed by atoms with Gasteiger partial charge in [-0.15, -0.1) is 0 Å². The third-order valence-electron chi connectivity index (χ3n) is 3.55. The number of methoxy groups -OCH3 is 1. The van der Waals surface area contributed by atoms with Gasteiger partial charge in [0.25, 0.3) is 0 Å². The number of urea groups is 1. The maximum absolute atomic E-state index is 11.8. The van der Waals surface area contributed by atoms with Crippen LogP contribution >= 0.6 is 11.6 Å². The van der Waals surface area contributed by atoms with Crippen LogP contribution in [0.15, 0.2) is 18.2 Å². The van der Waals surface area contributed by atoms with E-state index in [1.807, 2.05) is 0 Å². The summed E-state index contributed by atoms with van der Waals surface area (Å²) < 4.78 is 4.76. The Hall–Kier alpha value is -1.95. The Morgan fingerprint density at radius 1 is 1.38 bits per heavy atom. The summed E-state index contributed by atoms with van der Waals surface area (Å²) in [5.74, 6) is -0.413. The average molecular weight is 312 g/mol. The number of amides is 2. The maximum Gasteiger partial charge on any atom is 0.339 e. The fraction of sp³-hybridized carbons (Fsp3) is 0.429. The first kappa shape index (κ1) is 15.4. The highest BCUT2D eigenvalue weighted by Crippen LogP contribution is 2.24. The third-order valence-corrected chi connectivity index (χ3v) is 3.79. The molecule has 6 nitrogen and oxygen atoms in total. The lowest BCUT2D eigenvalue weighted by Gasteiger charge is -2.32. The summed E-state index contributed by atoms with van der Waals surface area (Å²) >= 11 is 5.99. The Balaban J connectivity index is 2.08. The Bertz CT molecular complexity index is 542. The van der Waals surface area contributed by atoms with Gasteiger partial charge >= 0.3 is 12.0 Å². The molecule has 1 fully saturated rings. The van der Waals surface area contributed by atoms with Crippen molar-refractivity contribution in [1.29, 1.82) is 0 Å². The summed E-state index contributed by atoms with van der Waals surface area (Å²) in [6.07, 6.45) is 1.52. The topological polar surface area (TPSA) is 84.7 Å². The summed E-state index contributed by atoms with van der Waals surface area (Å²) in [5, 5.41) is 3.84. The lowest BCUT2D eigenvalue weighted by atomic mass is 10.0. The molecule has 0 radical (unpaired) electrons. The van der Waals surface area contributed by atoms with Gasteiger partial charge < -0.3 is 20.7 Å². The van der Waals surface area contributed by atoms with E-state index in [1.54, 1.807) is 23.1 Å². The minimum atomic E-state index is -0.413. The van der Waals surface area contributed by atoms with Crippen LogP contribution < -0.4 is 11.1 Å². The molecular formula is C14H18ClN3O3. The molecule has 7 heteroatoms. The van der Waals surface area contributed by atoms with Gasteiger partial charge in [0.1, 0.15) is 0 Å². The summed E-state index contributed by atoms with van der Waals surface area (Å²) in [6, 6.07) is 4.74. The van der Waals surface area contributed by atoms with E-state index in [2.05, 4.69) is 5.32 Å². The first-order valence-electron chi connectivity index (χ1n) is 6.70. The second-order valence-corrected chi connectivity index (χ2v) is 5.36. The van der Waals surface area contributed by atoms with Crippen LogP contribution in [-0.2, 0) is 4.74 Å². The van der Waals surface area contributed by atoms with Crippen LogP contribution in [0.3, 0.4) is 0 Å². The number of anilines is 1. The third kappa shape index (κ3) is 3.78. The SMILES string of the molecule is COC(=O)c1ccc(Cl)cc1NC1CCN(C(N)=O)CC1. The number of carbonyl (C=O) groups is 2. The number of piperidine rings is 1. The Morgan fingerprint density at radius 2 is 2.05 bits per heavy atom. The molecule has 3 N–H and O–H groups in total. The van der Waals surface area contributed by atoms with Crippen LogP contribution in [0.4, 0.5) is 10.5 Å². The van der Waals surface area contributed by atoms with Crippen LogP contribution in [0, 0.1) is 0 Å². The Labute approximate surface area is 128 Å². The molecule has 0 unspecified atom stereocenters. The number of nitrogens with one attached hydrogen (secondary N) is 1. The van der Waals surface area contributed by atoms with Crippen molar-refractivity contribution in [3.8, 4) is 0 Å². The number of esters is 1. The van der Waals surface area contributed by atoms with Crippen LogP contribution in [0.1, 0.15) is 23.2 Å². The summed E-state index contributed by atoms with van der Waals surface area (Å²) in [7, 11) is 1.34. The monoisotopic (exact) mass is 311 g/mol. The van der Waals surface area contributed by atoms with E-state index in [4.69, 9.17) is 22.1 Å². The quantitative estimate of drug-likeness (QED) is 0.837. The van der Waals surface area contributed by atoms with E-state index in [-0.39, 0.29) is 6.04 Å². The van der Waals surface area contributed by atoms with E-state index >= 15 is 0 Å². The van der Waals surface area contributed by atoms with Gasteiger partial charge in [-0.2, -0.15) is 0 Å². The number of rotatable bonds is 3. The number of hydrogen-bond acceptors (Lipinski definition) is 4. The predicted octanol–water partition coefficient (Wildman–Crippen LogP) is 2.08. The number of carbonyl (C=O) groups excluding carboxylic acids is 2. The zero-order chi connectivity index (χ0) is 15.4. The fourth-order valence-electron chi connectivity index (χ4n) is 2.39. The van der Waals surface area contributed by atoms with Crippen molar-refractivity contribution in [3.05, 3.63) is 28.8 Å². The summed E-state index contributed by atoms with van der Waals surface area (Å²) in [6.45, 7) is 1.20. The highest BCUT2D eigenvalue weighted by atomic mass is 35.5. The number of benzene rings is 1. The first-order chi connectivity index (χ1) is 10.0. The molecule has 1 aromatic rings. The number of nitrogens with zero attached hydrogens (tertiary/aromatic N) is 1. The fourth-order valence-corrected chi connectivity index (χ4v) is 2.56. The lowest BCUT2D eigenvalue weighted by molar-refractivity contribution is 0.0601. The molecular weight excluding hydrogens is 294 g/mol. The smallest absolute Gasteiger partial charge is 0.339 e. The van der Waals surface area contributed by atoms with Crippen LogP contribution in [-0.4, -0.2) is 43.1 Å². The highest BCUT2D eigenvalue weighted by Gasteiger charge is 2.22. The van der Waals surface area contributed by atoms with Gasteiger partial charge in [-0.05, 0) is 31.0 Å². The average Bonchev–Trinajstić information content (AvgIpc) is 2.47. The van der Waals surface area contributed by atoms with Gasteiger partial charge in [0, 0.05) is 24.2 Å². The molecule has 0 spiro atoms. The summed E-state index contributed by atoms with van der Waals surface area (Å²) in [5.41, 5.74) is 6.34. The van der Waals surface area contributed by atoms with Gasteiger partial charge in [-0.3, -0.25) is 0 Å². The van der Waals surface area contributed by atoms with Crippen LogP contribution in [0.5, 0.6) is 0 Å². The minimum Gasteiger partial charge on any atom is -0.465 e. The number of halogens is 1. The maximum atomic E-state index is 11.8. The standard InChI is InChI=1S/C14H18ClN3O3/c1-21-13(19)11-3-2-9(15)8-12(11)17-10-4-6-18(7-5-10)14(16)20/h2-3,8,10,17H,4-7H2,1H3,(H2,16,20). The second-order valence-electron chi connectivity index (χ2n) is 4.93. The van der Waals surface area contributed by atoms with Gasteiger partial charge in [-0.1, -0.05) is 11.6 Å². The molecule has 2 rings (SSSR count). The molecule has 1 aliphatic rings. The van der Waals surface area contributed by atoms with Gasteiger partial charge in [0.15, 0.2) is 0 Å². The molecule has 21 heavy (non-hydrogen) atoms. The van der Waals surface area contributed by atoms with Crippen LogP contribution in [0.25, 0.3) is 0 Å². The van der Waals surface area contributed by atoms with Gasteiger partial charge in [0.2, 0.25) is 0 Å². The molecule has 0 aliphatic carbocycles. The first-order valence-corrected chi connectivity index (χ1v) is 7.08. The number of primary amides is 1. The zero-order valence-corrected chi connectivity index (χ0v) is 12.5. The Morgan fingerprint density at radius 3 is 2.62 bits per heavy atom. The number of ether oxygens (including phenoxy) is 1. The van der Waals surface area contributed by atoms with E-state index in [1.165, 1.54) is 7.11 Å². The van der Waals surface area contributed by atoms with Gasteiger partial charge in [-0.25, -0.2) is 9.59 Å². The number of likely N-dealkylation sites (tertiary alicyclic amines) is 1. The lowest BCUT2D eigenvalue weighted by Crippen LogP contribution is -2.44. The van der Waals surface area contributed by atoms with Crippen molar-refractivity contribution >= 4 is 29.3 Å². The molecule has 1 aromatic carbocycles. The molecule has 1 heterocycles. The van der Waals surface area contributed by atoms with Crippen LogP contribution in [0.2, 0.25) is 5.02 Å². The molecule has 2 amide bonds. The molecule has 0 saturated carbocycles. The van der Waals surface area contributed by atoms with Crippen molar-refractivity contribution in [1.82, 2.24) is 4.90 Å². The van der Waals surface area contributed by atoms with E-state index in [9.17, 15) is 9.59 Å². The minimum absolute atomic E-state index is 0.155. The number of hydrogen-bond donors (Lipinski definition) is 2. The highest BCUT2D eigenvalue weighted by molar-refractivity contribution is 6.31. The van der Waals surface area contributed by atoms with Crippen molar-refractivity contribution in [2.45, 2.75) is 18.9 Å². The van der Waals surface area contributed by atoms with E-state index in [0.29, 0.717) is 29.4 Å². The van der Waals surface area contributed by atoms with Crippen molar-refractivity contribution in [2.75, 3.05) is 25.5 Å². The largest absolute Gasteiger partial charge is 0.465 e. The molecule has 0 aromatic heterocycles. The normalized spacial score (nSPS) is 15.6. The molecule has 1 aliphatic heterocycles. The zero-order valence-electron chi connectivity index (χ0n) is 11.8.